The maximum absolute atomic E-state index is 11.9. The normalized spacial score (nSPS) is 10.6. The fraction of sp³-hybridized carbons (Fsp3) is 0.118. The van der Waals surface area contributed by atoms with Gasteiger partial charge in [0.25, 0.3) is 0 Å². The molecule has 0 spiro atoms. The van der Waals surface area contributed by atoms with Gasteiger partial charge in [0.1, 0.15) is 17.9 Å². The van der Waals surface area contributed by atoms with Crippen LogP contribution in [-0.4, -0.2) is 30.2 Å². The van der Waals surface area contributed by atoms with Gasteiger partial charge in [-0.25, -0.2) is 5.43 Å². The molecule has 136 valence electrons. The number of hydrogen-bond acceptors (Lipinski definition) is 5. The third-order valence-electron chi connectivity index (χ3n) is 3.12. The molecule has 0 atom stereocenters. The van der Waals surface area contributed by atoms with Gasteiger partial charge in [0.15, 0.2) is 0 Å². The van der Waals surface area contributed by atoms with E-state index in [0.717, 1.165) is 0 Å². The molecule has 0 bridgehead atoms. The van der Waals surface area contributed by atoms with E-state index in [4.69, 9.17) is 4.74 Å². The van der Waals surface area contributed by atoms with Gasteiger partial charge in [0.2, 0.25) is 11.8 Å². The summed E-state index contributed by atoms with van der Waals surface area (Å²) in [7, 11) is 1.53. The Morgan fingerprint density at radius 2 is 1.88 bits per heavy atom. The van der Waals surface area contributed by atoms with Crippen molar-refractivity contribution < 1.29 is 19.4 Å². The number of halogens is 2. The number of nitrogens with zero attached hydrogens (tertiary/aromatic N) is 1. The maximum Gasteiger partial charge on any atom is 0.249 e. The first-order valence-corrected chi connectivity index (χ1v) is 8.91. The van der Waals surface area contributed by atoms with Crippen LogP contribution in [0.1, 0.15) is 12.0 Å². The smallest absolute Gasteiger partial charge is 0.249 e. The van der Waals surface area contributed by atoms with Crippen molar-refractivity contribution in [2.75, 3.05) is 12.4 Å². The van der Waals surface area contributed by atoms with Crippen LogP contribution in [0.3, 0.4) is 0 Å². The zero-order valence-corrected chi connectivity index (χ0v) is 16.8. The van der Waals surface area contributed by atoms with Crippen molar-refractivity contribution in [1.82, 2.24) is 5.43 Å². The number of nitrogens with one attached hydrogen (secondary N) is 2. The second kappa shape index (κ2) is 9.35. The lowest BCUT2D eigenvalue weighted by atomic mass is 10.2. The average Bonchev–Trinajstić information content (AvgIpc) is 2.59. The fourth-order valence-electron chi connectivity index (χ4n) is 1.93. The molecule has 7 nitrogen and oxygen atoms in total. The van der Waals surface area contributed by atoms with Crippen molar-refractivity contribution in [2.24, 2.45) is 5.10 Å². The molecule has 9 heteroatoms. The van der Waals surface area contributed by atoms with Crippen molar-refractivity contribution in [3.63, 3.8) is 0 Å². The van der Waals surface area contributed by atoms with Crippen LogP contribution >= 0.6 is 31.9 Å². The van der Waals surface area contributed by atoms with Crippen LogP contribution in [0.5, 0.6) is 11.5 Å². The Labute approximate surface area is 166 Å². The molecule has 2 amide bonds. The third-order valence-corrected chi connectivity index (χ3v) is 4.33. The summed E-state index contributed by atoms with van der Waals surface area (Å²) in [6.45, 7) is 0. The number of phenols is 1. The highest BCUT2D eigenvalue weighted by molar-refractivity contribution is 9.11. The Morgan fingerprint density at radius 1 is 1.19 bits per heavy atom. The topological polar surface area (TPSA) is 100 Å². The standard InChI is InChI=1S/C17H15Br2N3O4/c1-26-12-4-2-3-11(7-12)21-15(23)8-16(24)22-20-9-10-5-13(18)17(25)14(19)6-10/h2-7,9,25H,8H2,1H3,(H,21,23)(H,22,24)/b20-9+. The van der Waals surface area contributed by atoms with E-state index in [1.165, 1.54) is 13.3 Å². The Kier molecular flexibility index (Phi) is 7.16. The highest BCUT2D eigenvalue weighted by atomic mass is 79.9. The van der Waals surface area contributed by atoms with E-state index in [2.05, 4.69) is 47.7 Å². The molecule has 0 aliphatic rings. The molecule has 0 aromatic heterocycles. The molecule has 2 aromatic carbocycles. The molecule has 26 heavy (non-hydrogen) atoms. The van der Waals surface area contributed by atoms with Crippen LogP contribution in [-0.2, 0) is 9.59 Å². The van der Waals surface area contributed by atoms with Gasteiger partial charge in [-0.05, 0) is 61.7 Å². The fourth-order valence-corrected chi connectivity index (χ4v) is 3.15. The zero-order valence-electron chi connectivity index (χ0n) is 13.6. The number of benzene rings is 2. The number of methoxy groups -OCH3 is 1. The number of carbonyl (C=O) groups is 2. The lowest BCUT2D eigenvalue weighted by molar-refractivity contribution is -0.126. The van der Waals surface area contributed by atoms with E-state index in [-0.39, 0.29) is 12.2 Å². The van der Waals surface area contributed by atoms with Crippen molar-refractivity contribution in [3.05, 3.63) is 50.9 Å². The van der Waals surface area contributed by atoms with Gasteiger partial charge in [0, 0.05) is 11.8 Å². The molecule has 0 saturated heterocycles. The number of hydrogen-bond donors (Lipinski definition) is 3. The molecule has 0 unspecified atom stereocenters. The summed E-state index contributed by atoms with van der Waals surface area (Å²) in [5.41, 5.74) is 3.45. The summed E-state index contributed by atoms with van der Waals surface area (Å²) in [6.07, 6.45) is 1.02. The summed E-state index contributed by atoms with van der Waals surface area (Å²) in [4.78, 5) is 23.7. The van der Waals surface area contributed by atoms with E-state index in [1.54, 1.807) is 36.4 Å². The molecule has 0 fully saturated rings. The van der Waals surface area contributed by atoms with Crippen molar-refractivity contribution in [2.45, 2.75) is 6.42 Å². The number of anilines is 1. The van der Waals surface area contributed by atoms with E-state index in [9.17, 15) is 14.7 Å². The van der Waals surface area contributed by atoms with Gasteiger partial charge in [0.05, 0.1) is 22.3 Å². The molecule has 0 aliphatic carbocycles. The molecule has 3 N–H and O–H groups in total. The second-order valence-electron chi connectivity index (χ2n) is 5.08. The van der Waals surface area contributed by atoms with Crippen LogP contribution in [0.4, 0.5) is 5.69 Å². The first kappa shape index (κ1) is 19.9. The maximum atomic E-state index is 11.9. The number of aromatic hydroxyl groups is 1. The molecule has 2 aromatic rings. The van der Waals surface area contributed by atoms with Gasteiger partial charge in [-0.1, -0.05) is 6.07 Å². The van der Waals surface area contributed by atoms with Crippen molar-refractivity contribution in [1.29, 1.82) is 0 Å². The van der Waals surface area contributed by atoms with Crippen molar-refractivity contribution in [3.8, 4) is 11.5 Å². The van der Waals surface area contributed by atoms with Crippen LogP contribution in [0.15, 0.2) is 50.4 Å². The van der Waals surface area contributed by atoms with Crippen LogP contribution in [0.25, 0.3) is 0 Å². The van der Waals surface area contributed by atoms with E-state index in [1.807, 2.05) is 0 Å². The lowest BCUT2D eigenvalue weighted by Gasteiger charge is -2.06. The van der Waals surface area contributed by atoms with E-state index >= 15 is 0 Å². The summed E-state index contributed by atoms with van der Waals surface area (Å²) < 4.78 is 6.03. The molecule has 0 saturated carbocycles. The largest absolute Gasteiger partial charge is 0.506 e. The minimum atomic E-state index is -0.557. The Morgan fingerprint density at radius 3 is 2.54 bits per heavy atom. The zero-order chi connectivity index (χ0) is 19.1. The first-order valence-electron chi connectivity index (χ1n) is 7.33. The van der Waals surface area contributed by atoms with Crippen LogP contribution < -0.4 is 15.5 Å². The summed E-state index contributed by atoms with van der Waals surface area (Å²) in [5.74, 6) is -0.358. The van der Waals surface area contributed by atoms with E-state index < -0.39 is 11.8 Å². The predicted octanol–water partition coefficient (Wildman–Crippen LogP) is 3.40. The summed E-state index contributed by atoms with van der Waals surface area (Å²) >= 11 is 6.40. The Hall–Kier alpha value is -2.39. The predicted molar refractivity (Wildman–Crippen MR) is 105 cm³/mol. The minimum Gasteiger partial charge on any atom is -0.506 e. The second-order valence-corrected chi connectivity index (χ2v) is 6.79. The first-order chi connectivity index (χ1) is 12.4. The van der Waals surface area contributed by atoms with Gasteiger partial charge in [-0.3, -0.25) is 9.59 Å². The molecule has 2 rings (SSSR count). The molecular weight excluding hydrogens is 470 g/mol. The highest BCUT2D eigenvalue weighted by Gasteiger charge is 2.09. The summed E-state index contributed by atoms with van der Waals surface area (Å²) in [5, 5.41) is 16.0. The number of phenolic OH excluding ortho intramolecular Hbond substituents is 1. The number of hydrazone groups is 1. The number of rotatable bonds is 6. The van der Waals surface area contributed by atoms with Crippen molar-refractivity contribution >= 4 is 55.6 Å². The Bertz CT molecular complexity index is 833. The quantitative estimate of drug-likeness (QED) is 0.332. The Balaban J connectivity index is 1.87. The summed E-state index contributed by atoms with van der Waals surface area (Å²) in [6, 6.07) is 10.1. The van der Waals surface area contributed by atoms with Crippen LogP contribution in [0.2, 0.25) is 0 Å². The molecular formula is C17H15Br2N3O4. The van der Waals surface area contributed by atoms with Gasteiger partial charge < -0.3 is 15.2 Å². The SMILES string of the molecule is COc1cccc(NC(=O)CC(=O)N/N=C/c2cc(Br)c(O)c(Br)c2)c1. The molecule has 0 radical (unpaired) electrons. The molecule has 0 heterocycles. The number of carbonyl (C=O) groups excluding carboxylic acids is 2. The lowest BCUT2D eigenvalue weighted by Crippen LogP contribution is -2.24. The number of amides is 2. The van der Waals surface area contributed by atoms with Gasteiger partial charge in [-0.15, -0.1) is 0 Å². The minimum absolute atomic E-state index is 0.0698. The highest BCUT2D eigenvalue weighted by Crippen LogP contribution is 2.32. The average molecular weight is 485 g/mol. The third kappa shape index (κ3) is 5.85. The monoisotopic (exact) mass is 483 g/mol. The van der Waals surface area contributed by atoms with Gasteiger partial charge in [-0.2, -0.15) is 5.10 Å². The van der Waals surface area contributed by atoms with E-state index in [0.29, 0.717) is 25.9 Å². The number of ether oxygens (including phenoxy) is 1. The van der Waals surface area contributed by atoms with Gasteiger partial charge >= 0.3 is 0 Å². The van der Waals surface area contributed by atoms with Crippen LogP contribution in [0, 0.1) is 0 Å². The molecule has 0 aliphatic heterocycles.